The summed E-state index contributed by atoms with van der Waals surface area (Å²) in [6, 6.07) is 7.51. The standard InChI is InChI=1S/C16H18ClN5O3/c1-20-12-5-3-2-4-11(12)19-16(20)22-15(25)14(17)13(10-18-22)21(6-8-23)7-9-24/h2-5,10,23-24H,6-9H2,1H3. The van der Waals surface area contributed by atoms with Crippen LogP contribution in [0.25, 0.3) is 17.0 Å². The van der Waals surface area contributed by atoms with Gasteiger partial charge in [0.2, 0.25) is 5.95 Å². The molecule has 25 heavy (non-hydrogen) atoms. The van der Waals surface area contributed by atoms with Crippen LogP contribution in [0.15, 0.2) is 35.3 Å². The van der Waals surface area contributed by atoms with Crippen molar-refractivity contribution in [1.29, 1.82) is 0 Å². The number of aliphatic hydroxyl groups excluding tert-OH is 2. The van der Waals surface area contributed by atoms with Gasteiger partial charge < -0.3 is 19.7 Å². The first-order valence-electron chi connectivity index (χ1n) is 7.74. The molecule has 0 saturated heterocycles. The number of aromatic nitrogens is 4. The number of imidazole rings is 1. The molecule has 132 valence electrons. The van der Waals surface area contributed by atoms with E-state index in [0.717, 1.165) is 15.7 Å². The Balaban J connectivity index is 2.11. The lowest BCUT2D eigenvalue weighted by Gasteiger charge is -2.23. The normalized spacial score (nSPS) is 11.2. The van der Waals surface area contributed by atoms with E-state index >= 15 is 0 Å². The summed E-state index contributed by atoms with van der Waals surface area (Å²) in [7, 11) is 1.80. The first-order chi connectivity index (χ1) is 12.1. The van der Waals surface area contributed by atoms with E-state index in [0.29, 0.717) is 11.6 Å². The first kappa shape index (κ1) is 17.4. The number of benzene rings is 1. The molecule has 0 fully saturated rings. The van der Waals surface area contributed by atoms with Crippen molar-refractivity contribution in [2.75, 3.05) is 31.2 Å². The zero-order valence-corrected chi connectivity index (χ0v) is 14.4. The van der Waals surface area contributed by atoms with E-state index in [-0.39, 0.29) is 31.3 Å². The molecule has 1 aromatic carbocycles. The molecule has 0 spiro atoms. The number of anilines is 1. The number of hydrogen-bond acceptors (Lipinski definition) is 6. The average Bonchev–Trinajstić information content (AvgIpc) is 2.94. The molecule has 3 aromatic rings. The van der Waals surface area contributed by atoms with Crippen molar-refractivity contribution in [3.63, 3.8) is 0 Å². The fourth-order valence-corrected chi connectivity index (χ4v) is 2.95. The summed E-state index contributed by atoms with van der Waals surface area (Å²) >= 11 is 6.25. The van der Waals surface area contributed by atoms with Gasteiger partial charge in [-0.1, -0.05) is 23.7 Å². The van der Waals surface area contributed by atoms with Gasteiger partial charge in [0.15, 0.2) is 0 Å². The van der Waals surface area contributed by atoms with Gasteiger partial charge in [0, 0.05) is 20.1 Å². The summed E-state index contributed by atoms with van der Waals surface area (Å²) in [5, 5.41) is 22.4. The third-order valence-corrected chi connectivity index (χ3v) is 4.29. The molecule has 0 unspecified atom stereocenters. The van der Waals surface area contributed by atoms with Crippen molar-refractivity contribution >= 4 is 28.3 Å². The fraction of sp³-hybridized carbons (Fsp3) is 0.312. The summed E-state index contributed by atoms with van der Waals surface area (Å²) in [5.74, 6) is 0.357. The number of aliphatic hydroxyl groups is 2. The molecule has 0 aliphatic heterocycles. The van der Waals surface area contributed by atoms with E-state index in [2.05, 4.69) is 10.1 Å². The number of para-hydroxylation sites is 2. The van der Waals surface area contributed by atoms with Crippen LogP contribution in [-0.2, 0) is 7.05 Å². The minimum absolute atomic E-state index is 0.0380. The zero-order chi connectivity index (χ0) is 18.0. The van der Waals surface area contributed by atoms with Gasteiger partial charge in [-0.3, -0.25) is 4.79 Å². The number of fused-ring (bicyclic) bond motifs is 1. The maximum Gasteiger partial charge on any atom is 0.295 e. The average molecular weight is 364 g/mol. The summed E-state index contributed by atoms with van der Waals surface area (Å²) < 4.78 is 2.90. The Hall–Kier alpha value is -2.42. The van der Waals surface area contributed by atoms with Crippen molar-refractivity contribution in [3.05, 3.63) is 45.8 Å². The number of aryl methyl sites for hydroxylation is 1. The third-order valence-electron chi connectivity index (χ3n) is 3.93. The van der Waals surface area contributed by atoms with Gasteiger partial charge in [0.05, 0.1) is 36.1 Å². The second-order valence-corrected chi connectivity index (χ2v) is 5.83. The minimum Gasteiger partial charge on any atom is -0.395 e. The number of halogens is 1. The molecule has 0 radical (unpaired) electrons. The van der Waals surface area contributed by atoms with Gasteiger partial charge in [-0.2, -0.15) is 9.78 Å². The van der Waals surface area contributed by atoms with Gasteiger partial charge in [-0.15, -0.1) is 0 Å². The van der Waals surface area contributed by atoms with Crippen molar-refractivity contribution < 1.29 is 10.2 Å². The van der Waals surface area contributed by atoms with Crippen LogP contribution in [0.3, 0.4) is 0 Å². The van der Waals surface area contributed by atoms with Crippen LogP contribution in [0, 0.1) is 0 Å². The predicted molar refractivity (Wildman–Crippen MR) is 95.5 cm³/mol. The first-order valence-corrected chi connectivity index (χ1v) is 8.12. The molecular weight excluding hydrogens is 346 g/mol. The molecular formula is C16H18ClN5O3. The van der Waals surface area contributed by atoms with Gasteiger partial charge >= 0.3 is 0 Å². The topological polar surface area (TPSA) is 96.4 Å². The highest BCUT2D eigenvalue weighted by Gasteiger charge is 2.18. The molecule has 2 aromatic heterocycles. The minimum atomic E-state index is -0.515. The van der Waals surface area contributed by atoms with E-state index in [1.165, 1.54) is 6.20 Å². The maximum atomic E-state index is 12.7. The van der Waals surface area contributed by atoms with Crippen LogP contribution in [0.4, 0.5) is 5.69 Å². The monoisotopic (exact) mass is 363 g/mol. The van der Waals surface area contributed by atoms with Crippen molar-refractivity contribution in [1.82, 2.24) is 19.3 Å². The molecule has 0 aliphatic rings. The number of hydrogen-bond donors (Lipinski definition) is 2. The van der Waals surface area contributed by atoms with Crippen LogP contribution < -0.4 is 10.5 Å². The lowest BCUT2D eigenvalue weighted by molar-refractivity contribution is 0.281. The SMILES string of the molecule is Cn1c(-n2ncc(N(CCO)CCO)c(Cl)c2=O)nc2ccccc21. The Labute approximate surface area is 148 Å². The molecule has 0 bridgehead atoms. The quantitative estimate of drug-likeness (QED) is 0.664. The van der Waals surface area contributed by atoms with Gasteiger partial charge in [0.25, 0.3) is 5.56 Å². The highest BCUT2D eigenvalue weighted by atomic mass is 35.5. The Bertz CT molecular complexity index is 947. The summed E-state index contributed by atoms with van der Waals surface area (Å²) in [6.07, 6.45) is 1.44. The lowest BCUT2D eigenvalue weighted by atomic mass is 10.3. The Kier molecular flexibility index (Phi) is 5.03. The Morgan fingerprint density at radius 1 is 1.20 bits per heavy atom. The van der Waals surface area contributed by atoms with Crippen LogP contribution in [0.2, 0.25) is 5.02 Å². The molecule has 0 aliphatic carbocycles. The molecule has 3 rings (SSSR count). The molecule has 8 nitrogen and oxygen atoms in total. The van der Waals surface area contributed by atoms with Gasteiger partial charge in [0.1, 0.15) is 5.02 Å². The van der Waals surface area contributed by atoms with E-state index in [9.17, 15) is 4.79 Å². The lowest BCUT2D eigenvalue weighted by Crippen LogP contribution is -2.33. The Morgan fingerprint density at radius 3 is 2.52 bits per heavy atom. The maximum absolute atomic E-state index is 12.7. The summed E-state index contributed by atoms with van der Waals surface area (Å²) in [5.41, 5.74) is 1.47. The van der Waals surface area contributed by atoms with E-state index in [1.807, 2.05) is 24.3 Å². The highest BCUT2D eigenvalue weighted by molar-refractivity contribution is 6.33. The van der Waals surface area contributed by atoms with Crippen molar-refractivity contribution in [2.45, 2.75) is 0 Å². The van der Waals surface area contributed by atoms with E-state index < -0.39 is 5.56 Å². The third kappa shape index (κ3) is 3.11. The molecule has 2 N–H and O–H groups in total. The second-order valence-electron chi connectivity index (χ2n) is 5.45. The predicted octanol–water partition coefficient (Wildman–Crippen LogP) is 0.564. The van der Waals surface area contributed by atoms with Crippen LogP contribution in [0.1, 0.15) is 0 Å². The Morgan fingerprint density at radius 2 is 1.88 bits per heavy atom. The molecule has 0 saturated carbocycles. The molecule has 0 atom stereocenters. The smallest absolute Gasteiger partial charge is 0.295 e. The number of rotatable bonds is 6. The van der Waals surface area contributed by atoms with Crippen molar-refractivity contribution in [3.8, 4) is 5.95 Å². The summed E-state index contributed by atoms with van der Waals surface area (Å²) in [6.45, 7) is 0.198. The van der Waals surface area contributed by atoms with E-state index in [4.69, 9.17) is 21.8 Å². The van der Waals surface area contributed by atoms with Gasteiger partial charge in [-0.05, 0) is 12.1 Å². The van der Waals surface area contributed by atoms with Crippen molar-refractivity contribution in [2.24, 2.45) is 7.05 Å². The molecule has 9 heteroatoms. The number of nitrogens with zero attached hydrogens (tertiary/aromatic N) is 5. The molecule has 0 amide bonds. The zero-order valence-electron chi connectivity index (χ0n) is 13.6. The van der Waals surface area contributed by atoms with Crippen LogP contribution in [0.5, 0.6) is 0 Å². The van der Waals surface area contributed by atoms with Gasteiger partial charge in [-0.25, -0.2) is 4.98 Å². The molecule has 2 heterocycles. The van der Waals surface area contributed by atoms with Crippen LogP contribution >= 0.6 is 11.6 Å². The summed E-state index contributed by atoms with van der Waals surface area (Å²) in [4.78, 5) is 18.7. The second kappa shape index (κ2) is 7.22. The highest BCUT2D eigenvalue weighted by Crippen LogP contribution is 2.22. The largest absolute Gasteiger partial charge is 0.395 e. The fourth-order valence-electron chi connectivity index (χ4n) is 2.70. The van der Waals surface area contributed by atoms with E-state index in [1.54, 1.807) is 16.5 Å². The van der Waals surface area contributed by atoms with Crippen LogP contribution in [-0.4, -0.2) is 55.8 Å².